The van der Waals surface area contributed by atoms with Crippen molar-refractivity contribution in [2.75, 3.05) is 13.7 Å². The smallest absolute Gasteiger partial charge is 0.283 e. The van der Waals surface area contributed by atoms with E-state index in [0.29, 0.717) is 17.2 Å². The molecule has 1 aliphatic rings. The lowest BCUT2D eigenvalue weighted by Crippen LogP contribution is -2.51. The Morgan fingerprint density at radius 3 is 2.72 bits per heavy atom. The molecular weight excluding hydrogens is 324 g/mol. The van der Waals surface area contributed by atoms with Crippen LogP contribution < -0.4 is 25.1 Å². The van der Waals surface area contributed by atoms with Crippen LogP contribution in [0.15, 0.2) is 48.5 Å². The van der Waals surface area contributed by atoms with Gasteiger partial charge in [0.2, 0.25) is 12.0 Å². The Bertz CT molecular complexity index is 778. The zero-order valence-corrected chi connectivity index (χ0v) is 13.7. The molecule has 130 valence electrons. The highest BCUT2D eigenvalue weighted by molar-refractivity contribution is 5.86. The normalized spacial score (nSPS) is 15.2. The number of para-hydroxylation sites is 2. The topological polar surface area (TPSA) is 85.9 Å². The predicted molar refractivity (Wildman–Crippen MR) is 89.3 cm³/mol. The number of benzene rings is 2. The first-order valence-corrected chi connectivity index (χ1v) is 7.76. The molecule has 1 aliphatic heterocycles. The van der Waals surface area contributed by atoms with Crippen LogP contribution in [0.5, 0.6) is 17.2 Å². The molecule has 25 heavy (non-hydrogen) atoms. The molecule has 0 saturated carbocycles. The summed E-state index contributed by atoms with van der Waals surface area (Å²) in [6.45, 7) is 0.0780. The van der Waals surface area contributed by atoms with E-state index in [1.165, 1.54) is 0 Å². The van der Waals surface area contributed by atoms with Crippen LogP contribution in [0.1, 0.15) is 5.56 Å². The van der Waals surface area contributed by atoms with Gasteiger partial charge in [-0.15, -0.1) is 0 Å². The maximum Gasteiger partial charge on any atom is 0.283 e. The molecule has 2 aromatic carbocycles. The molecule has 2 aromatic rings. The van der Waals surface area contributed by atoms with Crippen LogP contribution in [-0.4, -0.2) is 31.6 Å². The third kappa shape index (κ3) is 4.20. The average Bonchev–Trinajstić information content (AvgIpc) is 2.65. The summed E-state index contributed by atoms with van der Waals surface area (Å²) >= 11 is 0. The van der Waals surface area contributed by atoms with E-state index in [1.54, 1.807) is 49.6 Å². The van der Waals surface area contributed by atoms with E-state index in [1.807, 2.05) is 6.07 Å². The summed E-state index contributed by atoms with van der Waals surface area (Å²) in [5.74, 6) is 0.929. The molecule has 0 aliphatic carbocycles. The number of carbonyl (C=O) groups excluding carboxylic acids is 2. The molecule has 3 rings (SSSR count). The lowest BCUT2D eigenvalue weighted by Gasteiger charge is -2.25. The van der Waals surface area contributed by atoms with Crippen molar-refractivity contribution in [2.45, 2.75) is 12.5 Å². The second-order valence-corrected chi connectivity index (χ2v) is 5.43. The van der Waals surface area contributed by atoms with Gasteiger partial charge < -0.3 is 14.2 Å². The summed E-state index contributed by atoms with van der Waals surface area (Å²) in [5.41, 5.74) is 5.51. The number of fused-ring (bicyclic) bond motifs is 1. The average molecular weight is 342 g/mol. The number of ether oxygens (including phenoxy) is 3. The second-order valence-electron chi connectivity index (χ2n) is 5.43. The van der Waals surface area contributed by atoms with Gasteiger partial charge in [-0.1, -0.05) is 24.3 Å². The summed E-state index contributed by atoms with van der Waals surface area (Å²) in [6.07, 6.45) is -0.713. The van der Waals surface area contributed by atoms with Gasteiger partial charge in [0.15, 0.2) is 11.5 Å². The minimum atomic E-state index is -0.827. The fourth-order valence-electron chi connectivity index (χ4n) is 2.37. The van der Waals surface area contributed by atoms with Crippen molar-refractivity contribution < 1.29 is 23.8 Å². The zero-order valence-electron chi connectivity index (χ0n) is 13.7. The maximum atomic E-state index is 12.1. The Labute approximate surface area is 144 Å². The summed E-state index contributed by atoms with van der Waals surface area (Å²) in [5, 5.41) is 0. The van der Waals surface area contributed by atoms with E-state index in [9.17, 15) is 9.59 Å². The number of carbonyl (C=O) groups is 2. The van der Waals surface area contributed by atoms with Gasteiger partial charge in [-0.2, -0.15) is 0 Å². The SMILES string of the molecule is COc1cccc(CC(=O)NNC(=O)[C@@H]2COc3ccccc3O2)c1. The second kappa shape index (κ2) is 7.57. The Balaban J connectivity index is 1.50. The Morgan fingerprint density at radius 1 is 1.12 bits per heavy atom. The van der Waals surface area contributed by atoms with Gasteiger partial charge in [0.1, 0.15) is 12.4 Å². The van der Waals surface area contributed by atoms with Crippen molar-refractivity contribution >= 4 is 11.8 Å². The Morgan fingerprint density at radius 2 is 1.92 bits per heavy atom. The van der Waals surface area contributed by atoms with Crippen molar-refractivity contribution in [3.05, 3.63) is 54.1 Å². The van der Waals surface area contributed by atoms with Gasteiger partial charge in [-0.05, 0) is 29.8 Å². The van der Waals surface area contributed by atoms with E-state index in [0.717, 1.165) is 5.56 Å². The largest absolute Gasteiger partial charge is 0.497 e. The van der Waals surface area contributed by atoms with Crippen LogP contribution in [0.3, 0.4) is 0 Å². The Kier molecular flexibility index (Phi) is 5.03. The van der Waals surface area contributed by atoms with E-state index in [-0.39, 0.29) is 18.9 Å². The summed E-state index contributed by atoms with van der Waals surface area (Å²) < 4.78 is 16.2. The van der Waals surface area contributed by atoms with Crippen LogP contribution in [0.25, 0.3) is 0 Å². The molecule has 1 heterocycles. The molecule has 1 atom stereocenters. The summed E-state index contributed by atoms with van der Waals surface area (Å²) in [7, 11) is 1.56. The van der Waals surface area contributed by atoms with E-state index < -0.39 is 12.0 Å². The van der Waals surface area contributed by atoms with E-state index in [4.69, 9.17) is 14.2 Å². The first kappa shape index (κ1) is 16.6. The standard InChI is InChI=1S/C18H18N2O5/c1-23-13-6-4-5-12(9-13)10-17(21)19-20-18(22)16-11-24-14-7-2-3-8-15(14)25-16/h2-9,16H,10-11H2,1H3,(H,19,21)(H,20,22)/t16-/m0/s1. The molecule has 0 bridgehead atoms. The van der Waals surface area contributed by atoms with Crippen LogP contribution >= 0.6 is 0 Å². The van der Waals surface area contributed by atoms with Crippen LogP contribution in [-0.2, 0) is 16.0 Å². The maximum absolute atomic E-state index is 12.1. The lowest BCUT2D eigenvalue weighted by atomic mass is 10.1. The molecule has 0 radical (unpaired) electrons. The van der Waals surface area contributed by atoms with Crippen LogP contribution in [0.4, 0.5) is 0 Å². The fraction of sp³-hybridized carbons (Fsp3) is 0.222. The van der Waals surface area contributed by atoms with Gasteiger partial charge in [-0.25, -0.2) is 0 Å². The van der Waals surface area contributed by atoms with Gasteiger partial charge in [0, 0.05) is 0 Å². The monoisotopic (exact) mass is 342 g/mol. The third-order valence-corrected chi connectivity index (χ3v) is 3.62. The van der Waals surface area contributed by atoms with Crippen molar-refractivity contribution in [1.82, 2.24) is 10.9 Å². The van der Waals surface area contributed by atoms with Crippen molar-refractivity contribution in [3.8, 4) is 17.2 Å². The third-order valence-electron chi connectivity index (χ3n) is 3.62. The van der Waals surface area contributed by atoms with Crippen LogP contribution in [0.2, 0.25) is 0 Å². The highest BCUT2D eigenvalue weighted by Gasteiger charge is 2.27. The molecule has 0 unspecified atom stereocenters. The zero-order chi connectivity index (χ0) is 17.6. The fourth-order valence-corrected chi connectivity index (χ4v) is 2.37. The van der Waals surface area contributed by atoms with Crippen molar-refractivity contribution in [3.63, 3.8) is 0 Å². The first-order chi connectivity index (χ1) is 12.2. The number of methoxy groups -OCH3 is 1. The van der Waals surface area contributed by atoms with Crippen molar-refractivity contribution in [1.29, 1.82) is 0 Å². The number of hydrogen-bond acceptors (Lipinski definition) is 5. The molecular formula is C18H18N2O5. The van der Waals surface area contributed by atoms with Crippen molar-refractivity contribution in [2.24, 2.45) is 0 Å². The van der Waals surface area contributed by atoms with Gasteiger partial charge in [-0.3, -0.25) is 20.4 Å². The Hall–Kier alpha value is -3.22. The van der Waals surface area contributed by atoms with Crippen LogP contribution in [0, 0.1) is 0 Å². The minimum absolute atomic E-state index is 0.0780. The number of hydrogen-bond donors (Lipinski definition) is 2. The highest BCUT2D eigenvalue weighted by atomic mass is 16.6. The highest BCUT2D eigenvalue weighted by Crippen LogP contribution is 2.30. The van der Waals surface area contributed by atoms with E-state index >= 15 is 0 Å². The molecule has 7 nitrogen and oxygen atoms in total. The molecule has 2 N–H and O–H groups in total. The molecule has 0 saturated heterocycles. The minimum Gasteiger partial charge on any atom is -0.497 e. The van der Waals surface area contributed by atoms with Gasteiger partial charge in [0.05, 0.1) is 13.5 Å². The predicted octanol–water partition coefficient (Wildman–Crippen LogP) is 1.23. The number of hydrazine groups is 1. The molecule has 7 heteroatoms. The van der Waals surface area contributed by atoms with Gasteiger partial charge in [0.25, 0.3) is 5.91 Å². The lowest BCUT2D eigenvalue weighted by molar-refractivity contribution is -0.134. The summed E-state index contributed by atoms with van der Waals surface area (Å²) in [4.78, 5) is 24.1. The molecule has 0 spiro atoms. The summed E-state index contributed by atoms with van der Waals surface area (Å²) in [6, 6.07) is 14.2. The number of nitrogens with one attached hydrogen (secondary N) is 2. The molecule has 0 fully saturated rings. The molecule has 2 amide bonds. The number of rotatable bonds is 4. The van der Waals surface area contributed by atoms with Gasteiger partial charge >= 0.3 is 0 Å². The first-order valence-electron chi connectivity index (χ1n) is 7.76. The molecule has 0 aromatic heterocycles. The quantitative estimate of drug-likeness (QED) is 0.816. The number of amides is 2. The van der Waals surface area contributed by atoms with E-state index in [2.05, 4.69) is 10.9 Å².